The summed E-state index contributed by atoms with van der Waals surface area (Å²) in [6.45, 7) is 2.85. The highest BCUT2D eigenvalue weighted by Crippen LogP contribution is 2.50. The zero-order chi connectivity index (χ0) is 21.8. The minimum absolute atomic E-state index is 0.00903. The number of amides is 1. The van der Waals surface area contributed by atoms with Gasteiger partial charge in [0.2, 0.25) is 5.91 Å². The van der Waals surface area contributed by atoms with Crippen LogP contribution in [0.2, 0.25) is 0 Å². The van der Waals surface area contributed by atoms with Crippen LogP contribution in [0.5, 0.6) is 0 Å². The van der Waals surface area contributed by atoms with Crippen LogP contribution in [0.1, 0.15) is 41.5 Å². The summed E-state index contributed by atoms with van der Waals surface area (Å²) in [5.74, 6) is 0.619. The summed E-state index contributed by atoms with van der Waals surface area (Å²) in [5.41, 5.74) is 3.38. The van der Waals surface area contributed by atoms with E-state index in [2.05, 4.69) is 17.0 Å². The summed E-state index contributed by atoms with van der Waals surface area (Å²) in [7, 11) is 0. The molecule has 2 fully saturated rings. The van der Waals surface area contributed by atoms with E-state index < -0.39 is 11.7 Å². The smallest absolute Gasteiger partial charge is 0.395 e. The molecule has 2 bridgehead atoms. The SMILES string of the molecule is O=C(C1CN(CCO)C1)N1CC[C@@H]2C[C@H]1c1cc(-c3ccc(C(F)(F)F)cc3)ccc12. The first-order valence-corrected chi connectivity index (χ1v) is 10.8. The van der Waals surface area contributed by atoms with Crippen molar-refractivity contribution in [1.29, 1.82) is 0 Å². The summed E-state index contributed by atoms with van der Waals surface area (Å²) in [4.78, 5) is 17.2. The second-order valence-electron chi connectivity index (χ2n) is 8.87. The molecule has 0 radical (unpaired) electrons. The van der Waals surface area contributed by atoms with Crippen molar-refractivity contribution in [2.75, 3.05) is 32.8 Å². The molecule has 2 aromatic rings. The van der Waals surface area contributed by atoms with E-state index in [9.17, 15) is 18.0 Å². The number of hydrogen-bond donors (Lipinski definition) is 1. The molecule has 0 saturated carbocycles. The molecule has 31 heavy (non-hydrogen) atoms. The van der Waals surface area contributed by atoms with Gasteiger partial charge in [-0.25, -0.2) is 0 Å². The molecule has 0 aromatic heterocycles. The lowest BCUT2D eigenvalue weighted by Crippen LogP contribution is -2.56. The predicted octanol–water partition coefficient (Wildman–Crippen LogP) is 4.06. The number of benzene rings is 2. The van der Waals surface area contributed by atoms with E-state index in [0.717, 1.165) is 48.2 Å². The molecule has 4 nitrogen and oxygen atoms in total. The standard InChI is InChI=1S/C24H25F3N2O2/c25-24(26,27)19-4-1-15(2-5-19)16-3-6-20-17-7-8-29(22(12-17)21(20)11-16)23(31)18-13-28(14-18)9-10-30/h1-6,11,17-18,22,30H,7-10,12-14H2/t17-,22+/m1/s1. The van der Waals surface area contributed by atoms with Gasteiger partial charge in [0.05, 0.1) is 24.1 Å². The third-order valence-corrected chi connectivity index (χ3v) is 7.04. The molecule has 164 valence electrons. The molecule has 2 saturated heterocycles. The zero-order valence-corrected chi connectivity index (χ0v) is 17.1. The molecule has 1 N–H and O–H groups in total. The monoisotopic (exact) mass is 430 g/mol. The first kappa shape index (κ1) is 20.5. The second kappa shape index (κ2) is 7.64. The number of β-amino-alcohol motifs (C(OH)–C–C–N with tert-alkyl or cyclic N) is 1. The normalized spacial score (nSPS) is 23.5. The topological polar surface area (TPSA) is 43.8 Å². The molecule has 2 atom stereocenters. The van der Waals surface area contributed by atoms with Crippen LogP contribution in [0, 0.1) is 5.92 Å². The highest BCUT2D eigenvalue weighted by molar-refractivity contribution is 5.81. The Labute approximate surface area is 179 Å². The molecule has 2 heterocycles. The Kier molecular flexibility index (Phi) is 5.06. The van der Waals surface area contributed by atoms with Crippen LogP contribution in [-0.2, 0) is 11.0 Å². The van der Waals surface area contributed by atoms with E-state index >= 15 is 0 Å². The Morgan fingerprint density at radius 1 is 1.03 bits per heavy atom. The molecule has 1 aliphatic carbocycles. The summed E-state index contributed by atoms with van der Waals surface area (Å²) >= 11 is 0. The molecule has 1 amide bonds. The maximum absolute atomic E-state index is 13.1. The number of likely N-dealkylation sites (tertiary alicyclic amines) is 2. The molecule has 0 unspecified atom stereocenters. The Morgan fingerprint density at radius 2 is 1.74 bits per heavy atom. The number of carbonyl (C=O) groups excluding carboxylic acids is 1. The van der Waals surface area contributed by atoms with Gasteiger partial charge in [0.1, 0.15) is 0 Å². The highest BCUT2D eigenvalue weighted by atomic mass is 19.4. The lowest BCUT2D eigenvalue weighted by Gasteiger charge is -2.43. The van der Waals surface area contributed by atoms with Gasteiger partial charge in [-0.2, -0.15) is 13.2 Å². The summed E-state index contributed by atoms with van der Waals surface area (Å²) < 4.78 is 38.6. The van der Waals surface area contributed by atoms with Crippen molar-refractivity contribution in [3.05, 3.63) is 59.2 Å². The van der Waals surface area contributed by atoms with Crippen molar-refractivity contribution >= 4 is 5.91 Å². The van der Waals surface area contributed by atoms with Crippen LogP contribution < -0.4 is 0 Å². The second-order valence-corrected chi connectivity index (χ2v) is 8.87. The predicted molar refractivity (Wildman–Crippen MR) is 110 cm³/mol. The maximum atomic E-state index is 13.1. The number of aliphatic hydroxyl groups excluding tert-OH is 1. The Bertz CT molecular complexity index is 983. The van der Waals surface area contributed by atoms with Crippen LogP contribution in [0.3, 0.4) is 0 Å². The number of alkyl halides is 3. The maximum Gasteiger partial charge on any atom is 0.416 e. The third-order valence-electron chi connectivity index (χ3n) is 7.04. The van der Waals surface area contributed by atoms with Gasteiger partial charge < -0.3 is 10.0 Å². The summed E-state index contributed by atoms with van der Waals surface area (Å²) in [5, 5.41) is 9.05. The molecular formula is C24H25F3N2O2. The van der Waals surface area contributed by atoms with Crippen LogP contribution >= 0.6 is 0 Å². The fourth-order valence-corrected chi connectivity index (χ4v) is 5.36. The summed E-state index contributed by atoms with van der Waals surface area (Å²) in [6, 6.07) is 11.4. The molecule has 7 heteroatoms. The average molecular weight is 430 g/mol. The van der Waals surface area contributed by atoms with Crippen LogP contribution in [0.15, 0.2) is 42.5 Å². The quantitative estimate of drug-likeness (QED) is 0.796. The van der Waals surface area contributed by atoms with Crippen molar-refractivity contribution in [2.24, 2.45) is 5.92 Å². The van der Waals surface area contributed by atoms with E-state index in [-0.39, 0.29) is 24.5 Å². The highest BCUT2D eigenvalue weighted by Gasteiger charge is 2.44. The van der Waals surface area contributed by atoms with Crippen molar-refractivity contribution in [3.63, 3.8) is 0 Å². The molecule has 3 aliphatic rings. The Morgan fingerprint density at radius 3 is 2.42 bits per heavy atom. The van der Waals surface area contributed by atoms with Gasteiger partial charge in [-0.05, 0) is 59.2 Å². The number of nitrogens with zero attached hydrogens (tertiary/aromatic N) is 2. The van der Waals surface area contributed by atoms with Gasteiger partial charge in [0.25, 0.3) is 0 Å². The van der Waals surface area contributed by atoms with Crippen molar-refractivity contribution in [2.45, 2.75) is 31.0 Å². The van der Waals surface area contributed by atoms with E-state index in [1.54, 1.807) is 0 Å². The van der Waals surface area contributed by atoms with Crippen LogP contribution in [0.4, 0.5) is 13.2 Å². The van der Waals surface area contributed by atoms with Gasteiger partial charge in [-0.15, -0.1) is 0 Å². The molecule has 5 rings (SSSR count). The zero-order valence-electron chi connectivity index (χ0n) is 17.1. The molecule has 0 spiro atoms. The van der Waals surface area contributed by atoms with Crippen LogP contribution in [-0.4, -0.2) is 53.6 Å². The number of rotatable bonds is 4. The first-order chi connectivity index (χ1) is 14.8. The van der Waals surface area contributed by atoms with E-state index in [4.69, 9.17) is 5.11 Å². The largest absolute Gasteiger partial charge is 0.416 e. The van der Waals surface area contributed by atoms with Gasteiger partial charge >= 0.3 is 6.18 Å². The van der Waals surface area contributed by atoms with Gasteiger partial charge in [-0.1, -0.05) is 24.3 Å². The lowest BCUT2D eigenvalue weighted by atomic mass is 9.92. The van der Waals surface area contributed by atoms with Gasteiger partial charge in [0.15, 0.2) is 0 Å². The Balaban J connectivity index is 1.38. The number of aliphatic hydroxyl groups is 1. The third kappa shape index (κ3) is 3.64. The van der Waals surface area contributed by atoms with E-state index in [1.165, 1.54) is 17.7 Å². The first-order valence-electron chi connectivity index (χ1n) is 10.8. The average Bonchev–Trinajstić information content (AvgIpc) is 3.01. The molecule has 2 aliphatic heterocycles. The van der Waals surface area contributed by atoms with Gasteiger partial charge in [0, 0.05) is 26.2 Å². The number of piperidine rings is 1. The number of hydrogen-bond acceptors (Lipinski definition) is 3. The van der Waals surface area contributed by atoms with Gasteiger partial charge in [-0.3, -0.25) is 9.69 Å². The van der Waals surface area contributed by atoms with Crippen molar-refractivity contribution in [1.82, 2.24) is 9.80 Å². The van der Waals surface area contributed by atoms with Crippen LogP contribution in [0.25, 0.3) is 11.1 Å². The number of halogens is 3. The van der Waals surface area contributed by atoms with E-state index in [1.807, 2.05) is 11.0 Å². The minimum atomic E-state index is -4.34. The lowest BCUT2D eigenvalue weighted by molar-refractivity contribution is -0.145. The molecular weight excluding hydrogens is 405 g/mol. The number of fused-ring (bicyclic) bond motifs is 5. The fraction of sp³-hybridized carbons (Fsp3) is 0.458. The Hall–Kier alpha value is -2.38. The summed E-state index contributed by atoms with van der Waals surface area (Å²) in [6.07, 6.45) is -2.48. The number of carbonyl (C=O) groups is 1. The van der Waals surface area contributed by atoms with Crippen molar-refractivity contribution < 1.29 is 23.1 Å². The van der Waals surface area contributed by atoms with E-state index in [0.29, 0.717) is 25.6 Å². The van der Waals surface area contributed by atoms with Crippen molar-refractivity contribution in [3.8, 4) is 11.1 Å². The molecule has 2 aromatic carbocycles. The minimum Gasteiger partial charge on any atom is -0.395 e. The fourth-order valence-electron chi connectivity index (χ4n) is 5.36.